The van der Waals surface area contributed by atoms with E-state index in [1.54, 1.807) is 0 Å². The minimum absolute atomic E-state index is 0.261. The van der Waals surface area contributed by atoms with Gasteiger partial charge in [0.25, 0.3) is 0 Å². The molecule has 1 rings (SSSR count). The summed E-state index contributed by atoms with van der Waals surface area (Å²) in [6.45, 7) is 0.261. The van der Waals surface area contributed by atoms with E-state index < -0.39 is 11.9 Å². The van der Waals surface area contributed by atoms with Crippen LogP contribution in [0, 0.1) is 0 Å². The summed E-state index contributed by atoms with van der Waals surface area (Å²) in [6, 6.07) is 9.70. The van der Waals surface area contributed by atoms with Crippen LogP contribution in [0.2, 0.25) is 0 Å². The minimum atomic E-state index is -0.591. The first-order valence-corrected chi connectivity index (χ1v) is 6.55. The molecule has 0 unspecified atom stereocenters. The molecule has 0 saturated carbocycles. The number of esters is 2. The van der Waals surface area contributed by atoms with Gasteiger partial charge in [-0.3, -0.25) is 0 Å². The van der Waals surface area contributed by atoms with Crippen LogP contribution >= 0.6 is 12.2 Å². The first-order chi connectivity index (χ1) is 9.63. The highest BCUT2D eigenvalue weighted by Gasteiger charge is 2.02. The lowest BCUT2D eigenvalue weighted by atomic mass is 10.1. The Morgan fingerprint density at radius 3 is 2.45 bits per heavy atom. The maximum Gasteiger partial charge on any atom is 0.331 e. The predicted molar refractivity (Wildman–Crippen MR) is 79.5 cm³/mol. The van der Waals surface area contributed by atoms with Crippen LogP contribution in [0.5, 0.6) is 0 Å². The van der Waals surface area contributed by atoms with Gasteiger partial charge < -0.3 is 9.47 Å². The SMILES string of the molecule is COC(=O)/C=C/C(=O)OCCCC(=S)c1ccccc1. The van der Waals surface area contributed by atoms with Crippen LogP contribution in [-0.4, -0.2) is 30.5 Å². The van der Waals surface area contributed by atoms with Crippen molar-refractivity contribution < 1.29 is 19.1 Å². The van der Waals surface area contributed by atoms with Crippen molar-refractivity contribution in [2.75, 3.05) is 13.7 Å². The average molecular weight is 292 g/mol. The van der Waals surface area contributed by atoms with Gasteiger partial charge in [-0.25, -0.2) is 9.59 Å². The van der Waals surface area contributed by atoms with Crippen LogP contribution in [0.4, 0.5) is 0 Å². The van der Waals surface area contributed by atoms with Crippen LogP contribution < -0.4 is 0 Å². The molecule has 0 radical (unpaired) electrons. The molecule has 20 heavy (non-hydrogen) atoms. The van der Waals surface area contributed by atoms with Gasteiger partial charge in [0.05, 0.1) is 13.7 Å². The molecule has 0 heterocycles. The fraction of sp³-hybridized carbons (Fsp3) is 0.267. The third-order valence-electron chi connectivity index (χ3n) is 2.44. The van der Waals surface area contributed by atoms with Gasteiger partial charge in [-0.1, -0.05) is 42.5 Å². The molecular formula is C15H16O4S. The van der Waals surface area contributed by atoms with Gasteiger partial charge in [-0.2, -0.15) is 0 Å². The maximum atomic E-state index is 11.2. The molecule has 0 aromatic heterocycles. The standard InChI is InChI=1S/C15H16O4S/c1-18-14(16)9-10-15(17)19-11-5-8-13(20)12-6-3-2-4-7-12/h2-4,6-7,9-10H,5,8,11H2,1H3/b10-9+. The largest absolute Gasteiger partial charge is 0.466 e. The molecular weight excluding hydrogens is 276 g/mol. The summed E-state index contributed by atoms with van der Waals surface area (Å²) in [4.78, 5) is 22.8. The summed E-state index contributed by atoms with van der Waals surface area (Å²) in [6.07, 6.45) is 3.39. The van der Waals surface area contributed by atoms with Crippen LogP contribution in [-0.2, 0) is 19.1 Å². The fourth-order valence-electron chi connectivity index (χ4n) is 1.43. The molecule has 1 aromatic rings. The van der Waals surface area contributed by atoms with Crippen molar-refractivity contribution >= 4 is 29.0 Å². The molecule has 0 spiro atoms. The number of carbonyl (C=O) groups is 2. The van der Waals surface area contributed by atoms with Crippen molar-refractivity contribution in [3.05, 3.63) is 48.0 Å². The average Bonchev–Trinajstić information content (AvgIpc) is 2.49. The number of benzene rings is 1. The molecule has 0 aliphatic carbocycles. The van der Waals surface area contributed by atoms with Gasteiger partial charge in [-0.15, -0.1) is 0 Å². The second-order valence-electron chi connectivity index (χ2n) is 3.92. The van der Waals surface area contributed by atoms with Gasteiger partial charge in [0, 0.05) is 17.0 Å². The Kier molecular flexibility index (Phi) is 7.21. The Hall–Kier alpha value is -2.01. The first-order valence-electron chi connectivity index (χ1n) is 6.14. The number of thiocarbonyl (C=S) groups is 1. The quantitative estimate of drug-likeness (QED) is 0.254. The lowest BCUT2D eigenvalue weighted by molar-refractivity contribution is -0.139. The number of hydrogen-bond acceptors (Lipinski definition) is 5. The van der Waals surface area contributed by atoms with E-state index in [-0.39, 0.29) is 6.61 Å². The molecule has 0 aliphatic heterocycles. The van der Waals surface area contributed by atoms with E-state index in [4.69, 9.17) is 17.0 Å². The minimum Gasteiger partial charge on any atom is -0.466 e. The van der Waals surface area contributed by atoms with E-state index >= 15 is 0 Å². The van der Waals surface area contributed by atoms with Crippen molar-refractivity contribution in [1.29, 1.82) is 0 Å². The highest BCUT2D eigenvalue weighted by Crippen LogP contribution is 2.06. The topological polar surface area (TPSA) is 52.6 Å². The van der Waals surface area contributed by atoms with Crippen LogP contribution in [0.15, 0.2) is 42.5 Å². The van der Waals surface area contributed by atoms with Gasteiger partial charge in [0.1, 0.15) is 0 Å². The van der Waals surface area contributed by atoms with Gasteiger partial charge in [-0.05, 0) is 18.4 Å². The molecule has 0 atom stereocenters. The molecule has 0 N–H and O–H groups in total. The highest BCUT2D eigenvalue weighted by atomic mass is 32.1. The van der Waals surface area contributed by atoms with Gasteiger partial charge in [0.2, 0.25) is 0 Å². The number of methoxy groups -OCH3 is 1. The Bertz CT molecular complexity index is 494. The first kappa shape index (κ1) is 16.0. The summed E-state index contributed by atoms with van der Waals surface area (Å²) >= 11 is 5.29. The summed E-state index contributed by atoms with van der Waals surface area (Å²) in [7, 11) is 1.24. The normalized spacial score (nSPS) is 10.2. The molecule has 5 heteroatoms. The zero-order valence-electron chi connectivity index (χ0n) is 11.2. The Balaban J connectivity index is 2.22. The third-order valence-corrected chi connectivity index (χ3v) is 2.88. The van der Waals surface area contributed by atoms with Crippen LogP contribution in [0.1, 0.15) is 18.4 Å². The van der Waals surface area contributed by atoms with E-state index in [1.807, 2.05) is 30.3 Å². The smallest absolute Gasteiger partial charge is 0.331 e. The van der Waals surface area contributed by atoms with E-state index in [2.05, 4.69) is 4.74 Å². The lowest BCUT2D eigenvalue weighted by Crippen LogP contribution is -2.06. The van der Waals surface area contributed by atoms with E-state index in [1.165, 1.54) is 7.11 Å². The Morgan fingerprint density at radius 1 is 1.15 bits per heavy atom. The number of carbonyl (C=O) groups excluding carboxylic acids is 2. The van der Waals surface area contributed by atoms with Crippen molar-refractivity contribution in [3.8, 4) is 0 Å². The molecule has 0 bridgehead atoms. The van der Waals surface area contributed by atoms with Gasteiger partial charge >= 0.3 is 11.9 Å². The zero-order valence-corrected chi connectivity index (χ0v) is 12.0. The summed E-state index contributed by atoms with van der Waals surface area (Å²) in [5.74, 6) is -1.16. The van der Waals surface area contributed by atoms with Crippen LogP contribution in [0.3, 0.4) is 0 Å². The molecule has 0 saturated heterocycles. The number of rotatable bonds is 7. The van der Waals surface area contributed by atoms with Crippen molar-refractivity contribution in [1.82, 2.24) is 0 Å². The highest BCUT2D eigenvalue weighted by molar-refractivity contribution is 7.80. The summed E-state index contributed by atoms with van der Waals surface area (Å²) in [5, 5.41) is 0. The second kappa shape index (κ2) is 8.98. The van der Waals surface area contributed by atoms with Crippen LogP contribution in [0.25, 0.3) is 0 Å². The summed E-state index contributed by atoms with van der Waals surface area (Å²) < 4.78 is 9.29. The molecule has 106 valence electrons. The lowest BCUT2D eigenvalue weighted by Gasteiger charge is -2.04. The molecule has 1 aromatic carbocycles. The van der Waals surface area contributed by atoms with E-state index in [0.717, 1.165) is 22.6 Å². The second-order valence-corrected chi connectivity index (χ2v) is 4.41. The molecule has 0 aliphatic rings. The molecule has 0 fully saturated rings. The van der Waals surface area contributed by atoms with Crippen molar-refractivity contribution in [2.24, 2.45) is 0 Å². The maximum absolute atomic E-state index is 11.2. The summed E-state index contributed by atoms with van der Waals surface area (Å²) in [5.41, 5.74) is 1.01. The third kappa shape index (κ3) is 6.24. The Labute approximate surface area is 123 Å². The molecule has 4 nitrogen and oxygen atoms in total. The number of ether oxygens (including phenoxy) is 2. The zero-order chi connectivity index (χ0) is 14.8. The predicted octanol–water partition coefficient (Wildman–Crippen LogP) is 2.46. The van der Waals surface area contributed by atoms with Gasteiger partial charge in [0.15, 0.2) is 0 Å². The fourth-order valence-corrected chi connectivity index (χ4v) is 1.71. The van der Waals surface area contributed by atoms with Crippen molar-refractivity contribution in [3.63, 3.8) is 0 Å². The van der Waals surface area contributed by atoms with E-state index in [0.29, 0.717) is 12.8 Å². The Morgan fingerprint density at radius 2 is 1.80 bits per heavy atom. The van der Waals surface area contributed by atoms with Crippen molar-refractivity contribution in [2.45, 2.75) is 12.8 Å². The van der Waals surface area contributed by atoms with E-state index in [9.17, 15) is 9.59 Å². The number of hydrogen-bond donors (Lipinski definition) is 0. The monoisotopic (exact) mass is 292 g/mol. The molecule has 0 amide bonds.